The van der Waals surface area contributed by atoms with E-state index in [0.717, 1.165) is 5.56 Å². The fraction of sp³-hybridized carbons (Fsp3) is 0.265. The van der Waals surface area contributed by atoms with Crippen LogP contribution in [0, 0.1) is 6.92 Å². The summed E-state index contributed by atoms with van der Waals surface area (Å²) in [7, 11) is -0.237. The Labute approximate surface area is 227 Å². The molecule has 0 N–H and O–H groups in total. The summed E-state index contributed by atoms with van der Waals surface area (Å²) in [5, 5.41) is 0. The molecule has 4 aromatic carbocycles. The lowest BCUT2D eigenvalue weighted by Gasteiger charge is -2.36. The van der Waals surface area contributed by atoms with Crippen LogP contribution < -0.4 is 0 Å². The van der Waals surface area contributed by atoms with Crippen LogP contribution in [0.5, 0.6) is 0 Å². The van der Waals surface area contributed by atoms with E-state index in [-0.39, 0.29) is 22.8 Å². The summed E-state index contributed by atoms with van der Waals surface area (Å²) < 4.78 is 0. The van der Waals surface area contributed by atoms with Gasteiger partial charge in [-0.05, 0) is 31.2 Å². The number of ketones is 1. The number of rotatable bonds is 10. The largest absolute Gasteiger partial charge is 0.289 e. The predicted octanol–water partition coefficient (Wildman–Crippen LogP) is 9.19. The van der Waals surface area contributed by atoms with Crippen molar-refractivity contribution >= 4 is 22.8 Å². The lowest BCUT2D eigenvalue weighted by atomic mass is 9.18. The lowest BCUT2D eigenvalue weighted by Crippen LogP contribution is -2.34. The number of carbonyl (C=O) groups excluding carboxylic acids is 1. The molecule has 0 aromatic heterocycles. The number of carbonyl (C=O) groups is 1. The summed E-state index contributed by atoms with van der Waals surface area (Å²) in [5.74, 6) is 0.706. The summed E-state index contributed by atoms with van der Waals surface area (Å²) in [5.41, 5.74) is 3.48. The van der Waals surface area contributed by atoms with Crippen LogP contribution in [-0.4, -0.2) is 17.7 Å². The topological polar surface area (TPSA) is 17.1 Å². The minimum absolute atomic E-state index is 0.140. The molecule has 0 atom stereocenters. The van der Waals surface area contributed by atoms with Crippen LogP contribution in [0.1, 0.15) is 42.3 Å². The Morgan fingerprint density at radius 3 is 1.49 bits per heavy atom. The van der Waals surface area contributed by atoms with Crippen LogP contribution >= 0.6 is 0 Å². The lowest BCUT2D eigenvalue weighted by molar-refractivity contribution is 0.102. The van der Waals surface area contributed by atoms with Gasteiger partial charge in [0.15, 0.2) is 15.5 Å². The molecule has 4 aromatic rings. The zero-order chi connectivity index (χ0) is 26.5. The molecule has 37 heavy (non-hydrogen) atoms. The van der Waals surface area contributed by atoms with Gasteiger partial charge in [0.25, 0.3) is 0 Å². The molecular formula is C34H41BOS. The van der Waals surface area contributed by atoms with Gasteiger partial charge in [-0.2, -0.15) is 25.3 Å². The van der Waals surface area contributed by atoms with E-state index in [1.807, 2.05) is 67.6 Å². The first-order valence-electron chi connectivity index (χ1n) is 13.7. The standard InChI is InChI=1S/C21H19OS.C13H22B/c1-17-12-14-18(15-13-17)21(22)16-23(19-8-4-2-5-9-19)20-10-6-3-7-11-20;1-4-14(5-2,6-3)12-13-10-8-7-9-11-13/h2-15H,16H2,1H3;7-11H,4-6,12H2,1-3H3/q+1;-1. The summed E-state index contributed by atoms with van der Waals surface area (Å²) in [4.78, 5) is 15.1. The Hall–Kier alpha value is -3.04. The Balaban J connectivity index is 0.000000233. The Morgan fingerprint density at radius 1 is 0.622 bits per heavy atom. The Kier molecular flexibility index (Phi) is 11.3. The van der Waals surface area contributed by atoms with E-state index in [9.17, 15) is 4.79 Å². The van der Waals surface area contributed by atoms with E-state index < -0.39 is 0 Å². The van der Waals surface area contributed by atoms with Crippen molar-refractivity contribution in [3.63, 3.8) is 0 Å². The number of Topliss-reactive ketones (excluding diaryl/α,β-unsaturated/α-hetero) is 1. The fourth-order valence-corrected chi connectivity index (χ4v) is 6.84. The fourth-order valence-electron chi connectivity index (χ4n) is 4.84. The van der Waals surface area contributed by atoms with Crippen LogP contribution in [0.15, 0.2) is 125 Å². The van der Waals surface area contributed by atoms with Gasteiger partial charge in [0.2, 0.25) is 5.78 Å². The zero-order valence-electron chi connectivity index (χ0n) is 22.9. The number of hydrogen-bond donors (Lipinski definition) is 0. The van der Waals surface area contributed by atoms with Crippen LogP contribution in [0.3, 0.4) is 0 Å². The molecule has 4 rings (SSSR count). The van der Waals surface area contributed by atoms with Crippen LogP contribution in [0.4, 0.5) is 0 Å². The maximum atomic E-state index is 12.7. The molecule has 0 amide bonds. The summed E-state index contributed by atoms with van der Waals surface area (Å²) in [6, 6.07) is 39.4. The highest BCUT2D eigenvalue weighted by Crippen LogP contribution is 2.25. The van der Waals surface area contributed by atoms with E-state index in [4.69, 9.17) is 0 Å². The molecule has 1 nitrogen and oxygen atoms in total. The minimum Gasteiger partial charge on any atom is -0.289 e. The third-order valence-electron chi connectivity index (χ3n) is 7.81. The molecule has 0 heterocycles. The van der Waals surface area contributed by atoms with Gasteiger partial charge in [0, 0.05) is 11.7 Å². The van der Waals surface area contributed by atoms with Crippen molar-refractivity contribution in [2.75, 3.05) is 5.75 Å². The SMILES string of the molecule is CC[B-](CC)(CC)Cc1ccccc1.Cc1ccc(C(=O)C[S+](c2ccccc2)c2ccccc2)cc1. The van der Waals surface area contributed by atoms with Gasteiger partial charge in [-0.1, -0.05) is 123 Å². The van der Waals surface area contributed by atoms with Crippen molar-refractivity contribution in [3.8, 4) is 0 Å². The van der Waals surface area contributed by atoms with Gasteiger partial charge in [-0.3, -0.25) is 4.79 Å². The van der Waals surface area contributed by atoms with Crippen molar-refractivity contribution < 1.29 is 4.79 Å². The van der Waals surface area contributed by atoms with Crippen molar-refractivity contribution in [1.29, 1.82) is 0 Å². The molecule has 3 heteroatoms. The van der Waals surface area contributed by atoms with Crippen molar-refractivity contribution in [1.82, 2.24) is 0 Å². The zero-order valence-corrected chi connectivity index (χ0v) is 23.7. The molecule has 0 fully saturated rings. The first-order valence-corrected chi connectivity index (χ1v) is 15.1. The van der Waals surface area contributed by atoms with Crippen LogP contribution in [0.2, 0.25) is 19.0 Å². The molecule has 0 aliphatic carbocycles. The normalized spacial score (nSPS) is 11.1. The van der Waals surface area contributed by atoms with Crippen molar-refractivity contribution in [3.05, 3.63) is 132 Å². The quantitative estimate of drug-likeness (QED) is 0.119. The van der Waals surface area contributed by atoms with E-state index >= 15 is 0 Å². The highest BCUT2D eigenvalue weighted by Gasteiger charge is 2.28. The summed E-state index contributed by atoms with van der Waals surface area (Å²) in [6.45, 7) is 9.06. The third-order valence-corrected chi connectivity index (χ3v) is 10.0. The minimum atomic E-state index is -0.237. The Bertz CT molecular complexity index is 1140. The molecule has 0 unspecified atom stereocenters. The average Bonchev–Trinajstić information content (AvgIpc) is 2.97. The maximum Gasteiger partial charge on any atom is 0.212 e. The average molecular weight is 509 g/mol. The first kappa shape index (κ1) is 28.5. The predicted molar refractivity (Wildman–Crippen MR) is 165 cm³/mol. The molecule has 0 saturated heterocycles. The first-order chi connectivity index (χ1) is 18.0. The van der Waals surface area contributed by atoms with Crippen molar-refractivity contribution in [2.45, 2.75) is 62.8 Å². The highest BCUT2D eigenvalue weighted by atomic mass is 32.2. The van der Waals surface area contributed by atoms with Gasteiger partial charge < -0.3 is 0 Å². The number of aryl methyl sites for hydroxylation is 1. The Morgan fingerprint density at radius 2 is 1.05 bits per heavy atom. The number of hydrogen-bond acceptors (Lipinski definition) is 1. The molecule has 0 radical (unpaired) electrons. The second kappa shape index (κ2) is 14.6. The molecule has 0 aliphatic rings. The van der Waals surface area contributed by atoms with Gasteiger partial charge >= 0.3 is 0 Å². The van der Waals surface area contributed by atoms with E-state index in [0.29, 0.717) is 5.75 Å². The molecule has 0 saturated carbocycles. The van der Waals surface area contributed by atoms with Gasteiger partial charge in [-0.15, -0.1) is 0 Å². The third kappa shape index (κ3) is 8.50. The van der Waals surface area contributed by atoms with Crippen molar-refractivity contribution in [2.24, 2.45) is 0 Å². The van der Waals surface area contributed by atoms with Crippen LogP contribution in [0.25, 0.3) is 0 Å². The van der Waals surface area contributed by atoms with Crippen LogP contribution in [-0.2, 0) is 17.2 Å². The maximum absolute atomic E-state index is 12.7. The van der Waals surface area contributed by atoms with Gasteiger partial charge in [0.05, 0.1) is 10.9 Å². The second-order valence-electron chi connectivity index (χ2n) is 10.1. The highest BCUT2D eigenvalue weighted by molar-refractivity contribution is 7.97. The van der Waals surface area contributed by atoms with E-state index in [1.54, 1.807) is 0 Å². The summed E-state index contributed by atoms with van der Waals surface area (Å²) >= 11 is 0. The van der Waals surface area contributed by atoms with Gasteiger partial charge in [0.1, 0.15) is 0 Å². The van der Waals surface area contributed by atoms with Gasteiger partial charge in [-0.25, -0.2) is 0 Å². The summed E-state index contributed by atoms with van der Waals surface area (Å²) in [6.07, 6.45) is 5.20. The molecule has 0 spiro atoms. The number of benzene rings is 4. The second-order valence-corrected chi connectivity index (χ2v) is 12.1. The van der Waals surface area contributed by atoms with E-state index in [2.05, 4.69) is 75.4 Å². The monoisotopic (exact) mass is 508 g/mol. The molecule has 0 aliphatic heterocycles. The van der Waals surface area contributed by atoms with E-state index in [1.165, 1.54) is 46.2 Å². The molecule has 192 valence electrons. The molecule has 0 bridgehead atoms. The molecular weight excluding hydrogens is 467 g/mol. The smallest absolute Gasteiger partial charge is 0.212 e.